The third-order valence-electron chi connectivity index (χ3n) is 6.29. The lowest BCUT2D eigenvalue weighted by Crippen LogP contribution is -2.31. The number of esters is 1. The van der Waals surface area contributed by atoms with Crippen molar-refractivity contribution in [1.29, 1.82) is 0 Å². The summed E-state index contributed by atoms with van der Waals surface area (Å²) in [6.45, 7) is 5.98. The van der Waals surface area contributed by atoms with E-state index in [1.165, 1.54) is 4.90 Å². The van der Waals surface area contributed by atoms with Crippen molar-refractivity contribution in [3.63, 3.8) is 0 Å². The second-order valence-electron chi connectivity index (χ2n) is 8.28. The summed E-state index contributed by atoms with van der Waals surface area (Å²) in [6.07, 6.45) is 2.47. The van der Waals surface area contributed by atoms with E-state index in [0.717, 1.165) is 30.4 Å². The Hall–Kier alpha value is -2.95. The van der Waals surface area contributed by atoms with Gasteiger partial charge in [-0.05, 0) is 74.4 Å². The highest BCUT2D eigenvalue weighted by atomic mass is 16.5. The number of carbonyl (C=O) groups excluding carboxylic acids is 3. The fraction of sp³-hybridized carbons (Fsp3) is 0.375. The number of imide groups is 1. The Morgan fingerprint density at radius 3 is 2.52 bits per heavy atom. The third-order valence-corrected chi connectivity index (χ3v) is 6.29. The Morgan fingerprint density at radius 2 is 1.72 bits per heavy atom. The van der Waals surface area contributed by atoms with Crippen molar-refractivity contribution in [3.8, 4) is 5.75 Å². The van der Waals surface area contributed by atoms with E-state index in [2.05, 4.69) is 6.92 Å². The first-order chi connectivity index (χ1) is 13.9. The fourth-order valence-electron chi connectivity index (χ4n) is 4.41. The molecular weight excluding hydrogens is 366 g/mol. The molecule has 0 unspecified atom stereocenters. The molecule has 5 heteroatoms. The van der Waals surface area contributed by atoms with Crippen LogP contribution in [0.2, 0.25) is 0 Å². The van der Waals surface area contributed by atoms with Gasteiger partial charge in [0.1, 0.15) is 5.75 Å². The molecule has 2 amide bonds. The number of anilines is 1. The Labute approximate surface area is 170 Å². The van der Waals surface area contributed by atoms with E-state index in [9.17, 15) is 14.4 Å². The van der Waals surface area contributed by atoms with Crippen LogP contribution in [0.4, 0.5) is 5.69 Å². The van der Waals surface area contributed by atoms with Gasteiger partial charge >= 0.3 is 5.97 Å². The van der Waals surface area contributed by atoms with Crippen molar-refractivity contribution in [3.05, 3.63) is 59.2 Å². The van der Waals surface area contributed by atoms with E-state index in [-0.39, 0.29) is 23.7 Å². The molecule has 0 aromatic heterocycles. The highest BCUT2D eigenvalue weighted by molar-refractivity contribution is 6.22. The van der Waals surface area contributed by atoms with Crippen LogP contribution in [0.15, 0.2) is 42.5 Å². The summed E-state index contributed by atoms with van der Waals surface area (Å²) >= 11 is 0. The van der Waals surface area contributed by atoms with Gasteiger partial charge in [-0.15, -0.1) is 0 Å². The molecular formula is C24H25NO4. The lowest BCUT2D eigenvalue weighted by Gasteiger charge is -2.25. The number of hydrogen-bond donors (Lipinski definition) is 0. The number of fused-ring (bicyclic) bond motifs is 1. The molecule has 1 saturated heterocycles. The standard InChI is InChI=1S/C24H25NO4/c1-14-10-11-19-20(12-14)23(27)25(22(19)26)18-8-5-7-17(13-18)24(28)29-21-9-4-6-15(2)16(21)3/h4-9,13-14,19-20H,10-12H2,1-3H3/t14-,19-,20+/m1/s1. The predicted octanol–water partition coefficient (Wildman–Crippen LogP) is 4.45. The molecule has 0 spiro atoms. The Morgan fingerprint density at radius 1 is 1.00 bits per heavy atom. The second kappa shape index (κ2) is 7.47. The summed E-state index contributed by atoms with van der Waals surface area (Å²) in [4.78, 5) is 39.8. The zero-order chi connectivity index (χ0) is 20.7. The molecule has 0 N–H and O–H groups in total. The summed E-state index contributed by atoms with van der Waals surface area (Å²) in [7, 11) is 0. The van der Waals surface area contributed by atoms with Gasteiger partial charge in [0.05, 0.1) is 23.1 Å². The molecule has 2 aliphatic rings. The summed E-state index contributed by atoms with van der Waals surface area (Å²) in [6, 6.07) is 12.1. The molecule has 2 fully saturated rings. The molecule has 0 radical (unpaired) electrons. The SMILES string of the molecule is Cc1cccc(OC(=O)c2cccc(N3C(=O)[C@H]4C[C@H](C)CC[C@H]4C3=O)c2)c1C. The Bertz CT molecular complexity index is 996. The smallest absolute Gasteiger partial charge is 0.343 e. The van der Waals surface area contributed by atoms with Gasteiger partial charge in [-0.3, -0.25) is 14.5 Å². The van der Waals surface area contributed by atoms with Crippen molar-refractivity contribution < 1.29 is 19.1 Å². The van der Waals surface area contributed by atoms with E-state index >= 15 is 0 Å². The van der Waals surface area contributed by atoms with Crippen molar-refractivity contribution in [1.82, 2.24) is 0 Å². The van der Waals surface area contributed by atoms with Crippen LogP contribution in [0, 0.1) is 31.6 Å². The maximum absolute atomic E-state index is 12.9. The average molecular weight is 391 g/mol. The highest BCUT2D eigenvalue weighted by Crippen LogP contribution is 2.42. The van der Waals surface area contributed by atoms with Crippen LogP contribution < -0.4 is 9.64 Å². The third kappa shape index (κ3) is 3.46. The normalized spacial score (nSPS) is 23.8. The van der Waals surface area contributed by atoms with Crippen LogP contribution in [0.5, 0.6) is 5.75 Å². The summed E-state index contributed by atoms with van der Waals surface area (Å²) in [5, 5.41) is 0. The zero-order valence-electron chi connectivity index (χ0n) is 17.0. The molecule has 1 heterocycles. The Kier molecular flexibility index (Phi) is 4.99. The van der Waals surface area contributed by atoms with Crippen LogP contribution >= 0.6 is 0 Å². The molecule has 29 heavy (non-hydrogen) atoms. The molecule has 1 aliphatic carbocycles. The van der Waals surface area contributed by atoms with Gasteiger partial charge in [0.15, 0.2) is 0 Å². The number of aryl methyl sites for hydroxylation is 1. The van der Waals surface area contributed by atoms with Crippen LogP contribution in [0.3, 0.4) is 0 Å². The number of hydrogen-bond acceptors (Lipinski definition) is 4. The number of carbonyl (C=O) groups is 3. The van der Waals surface area contributed by atoms with Gasteiger partial charge in [-0.1, -0.05) is 25.1 Å². The molecule has 5 nitrogen and oxygen atoms in total. The van der Waals surface area contributed by atoms with Crippen LogP contribution in [0.25, 0.3) is 0 Å². The monoisotopic (exact) mass is 391 g/mol. The minimum Gasteiger partial charge on any atom is -0.423 e. The van der Waals surface area contributed by atoms with Gasteiger partial charge in [0.25, 0.3) is 0 Å². The largest absolute Gasteiger partial charge is 0.423 e. The number of nitrogens with zero attached hydrogens (tertiary/aromatic N) is 1. The van der Waals surface area contributed by atoms with E-state index < -0.39 is 5.97 Å². The molecule has 1 saturated carbocycles. The van der Waals surface area contributed by atoms with E-state index in [4.69, 9.17) is 4.74 Å². The van der Waals surface area contributed by atoms with Gasteiger partial charge < -0.3 is 4.74 Å². The van der Waals surface area contributed by atoms with Gasteiger partial charge in [0.2, 0.25) is 11.8 Å². The summed E-state index contributed by atoms with van der Waals surface area (Å²) < 4.78 is 5.56. The topological polar surface area (TPSA) is 63.7 Å². The first-order valence-corrected chi connectivity index (χ1v) is 10.1. The Balaban J connectivity index is 1.59. The van der Waals surface area contributed by atoms with E-state index in [1.807, 2.05) is 26.0 Å². The highest BCUT2D eigenvalue weighted by Gasteiger charge is 2.50. The molecule has 3 atom stereocenters. The van der Waals surface area contributed by atoms with Crippen molar-refractivity contribution in [2.75, 3.05) is 4.90 Å². The number of benzene rings is 2. The molecule has 2 aromatic rings. The summed E-state index contributed by atoms with van der Waals surface area (Å²) in [5.74, 6) is -0.314. The van der Waals surface area contributed by atoms with Crippen LogP contribution in [-0.4, -0.2) is 17.8 Å². The van der Waals surface area contributed by atoms with Crippen molar-refractivity contribution >= 4 is 23.5 Å². The zero-order valence-corrected chi connectivity index (χ0v) is 17.0. The molecule has 150 valence electrons. The van der Waals surface area contributed by atoms with Crippen molar-refractivity contribution in [2.45, 2.75) is 40.0 Å². The molecule has 2 aromatic carbocycles. The van der Waals surface area contributed by atoms with Gasteiger partial charge in [-0.2, -0.15) is 0 Å². The predicted molar refractivity (Wildman–Crippen MR) is 110 cm³/mol. The van der Waals surface area contributed by atoms with Gasteiger partial charge in [0, 0.05) is 0 Å². The molecule has 1 aliphatic heterocycles. The maximum atomic E-state index is 12.9. The average Bonchev–Trinajstić information content (AvgIpc) is 2.95. The van der Waals surface area contributed by atoms with E-state index in [0.29, 0.717) is 22.9 Å². The minimum absolute atomic E-state index is 0.146. The number of rotatable bonds is 3. The number of amides is 2. The van der Waals surface area contributed by atoms with E-state index in [1.54, 1.807) is 30.3 Å². The second-order valence-corrected chi connectivity index (χ2v) is 8.28. The van der Waals surface area contributed by atoms with Crippen molar-refractivity contribution in [2.24, 2.45) is 17.8 Å². The maximum Gasteiger partial charge on any atom is 0.343 e. The lowest BCUT2D eigenvalue weighted by molar-refractivity contribution is -0.122. The van der Waals surface area contributed by atoms with Gasteiger partial charge in [-0.25, -0.2) is 4.79 Å². The first kappa shape index (κ1) is 19.4. The summed E-state index contributed by atoms with van der Waals surface area (Å²) in [5.41, 5.74) is 2.69. The number of ether oxygens (including phenoxy) is 1. The fourth-order valence-corrected chi connectivity index (χ4v) is 4.41. The lowest BCUT2D eigenvalue weighted by atomic mass is 9.76. The van der Waals surface area contributed by atoms with Crippen LogP contribution in [-0.2, 0) is 9.59 Å². The first-order valence-electron chi connectivity index (χ1n) is 10.1. The molecule has 4 rings (SSSR count). The molecule has 0 bridgehead atoms. The quantitative estimate of drug-likeness (QED) is 0.441. The minimum atomic E-state index is -0.509. The van der Waals surface area contributed by atoms with Crippen LogP contribution in [0.1, 0.15) is 47.7 Å².